The van der Waals surface area contributed by atoms with Crippen LogP contribution in [0.15, 0.2) is 51.1 Å². The molecular formula is C21H16FN3O3S. The molecule has 1 saturated carbocycles. The van der Waals surface area contributed by atoms with Crippen LogP contribution >= 0.6 is 11.3 Å². The van der Waals surface area contributed by atoms with Gasteiger partial charge in [0.05, 0.1) is 18.9 Å². The van der Waals surface area contributed by atoms with Gasteiger partial charge in [0.2, 0.25) is 0 Å². The molecule has 4 aromatic rings. The van der Waals surface area contributed by atoms with Crippen LogP contribution in [-0.2, 0) is 0 Å². The Bertz CT molecular complexity index is 1350. The molecule has 1 N–H and O–H groups in total. The number of nitrogens with one attached hydrogen (secondary N) is 1. The summed E-state index contributed by atoms with van der Waals surface area (Å²) >= 11 is 1.44. The molecule has 6 nitrogen and oxygen atoms in total. The van der Waals surface area contributed by atoms with Gasteiger partial charge >= 0.3 is 5.69 Å². The molecule has 4 heterocycles. The molecule has 0 unspecified atom stereocenters. The fourth-order valence-corrected chi connectivity index (χ4v) is 4.62. The van der Waals surface area contributed by atoms with Crippen LogP contribution in [0.25, 0.3) is 27.8 Å². The number of hydrogen-bond acceptors (Lipinski definition) is 5. The molecule has 0 atom stereocenters. The van der Waals surface area contributed by atoms with Gasteiger partial charge in [-0.15, -0.1) is 0 Å². The topological polar surface area (TPSA) is 76.5 Å². The van der Waals surface area contributed by atoms with Crippen LogP contribution in [0.4, 0.5) is 4.39 Å². The van der Waals surface area contributed by atoms with Gasteiger partial charge in [0, 0.05) is 29.1 Å². The molecule has 1 fully saturated rings. The average Bonchev–Trinajstić information content (AvgIpc) is 3.44. The number of methoxy groups -OCH3 is 1. The van der Waals surface area contributed by atoms with Crippen LogP contribution in [0.5, 0.6) is 5.75 Å². The number of nitrogens with zero attached hydrogens (tertiary/aromatic N) is 2. The molecule has 29 heavy (non-hydrogen) atoms. The Kier molecular flexibility index (Phi) is 4.09. The molecule has 0 spiro atoms. The minimum atomic E-state index is -0.683. The smallest absolute Gasteiger partial charge is 0.333 e. The highest BCUT2D eigenvalue weighted by atomic mass is 32.1. The van der Waals surface area contributed by atoms with Gasteiger partial charge in [0.15, 0.2) is 11.6 Å². The maximum Gasteiger partial charge on any atom is 0.333 e. The summed E-state index contributed by atoms with van der Waals surface area (Å²) in [6, 6.07) is 3.70. The lowest BCUT2D eigenvalue weighted by atomic mass is 9.98. The van der Waals surface area contributed by atoms with Crippen molar-refractivity contribution in [3.05, 3.63) is 73.7 Å². The van der Waals surface area contributed by atoms with Gasteiger partial charge < -0.3 is 4.74 Å². The third kappa shape index (κ3) is 2.79. The second-order valence-corrected chi connectivity index (χ2v) is 7.73. The van der Waals surface area contributed by atoms with Crippen LogP contribution in [-0.4, -0.2) is 21.5 Å². The van der Waals surface area contributed by atoms with Crippen molar-refractivity contribution in [2.45, 2.75) is 18.8 Å². The number of rotatable bonds is 4. The number of ether oxygens (including phenoxy) is 1. The summed E-state index contributed by atoms with van der Waals surface area (Å²) < 4.78 is 22.1. The third-order valence-electron chi connectivity index (χ3n) is 5.22. The van der Waals surface area contributed by atoms with Gasteiger partial charge in [-0.3, -0.25) is 19.2 Å². The monoisotopic (exact) mass is 409 g/mol. The zero-order valence-corrected chi connectivity index (χ0v) is 16.3. The SMILES string of the molecule is COc1c(-c2cscc2-c2ccncc2)c(F)cn2c(=O)[nH]c(=O)c(C3CC3)c12. The Labute approximate surface area is 168 Å². The zero-order valence-electron chi connectivity index (χ0n) is 15.4. The second-order valence-electron chi connectivity index (χ2n) is 6.99. The van der Waals surface area contributed by atoms with Crippen molar-refractivity contribution in [3.8, 4) is 28.0 Å². The summed E-state index contributed by atoms with van der Waals surface area (Å²) in [5.41, 5.74) is 2.31. The average molecular weight is 409 g/mol. The molecule has 1 aliphatic carbocycles. The first-order valence-electron chi connectivity index (χ1n) is 9.12. The molecular weight excluding hydrogens is 393 g/mol. The largest absolute Gasteiger partial charge is 0.494 e. The first-order valence-corrected chi connectivity index (χ1v) is 10.1. The van der Waals surface area contributed by atoms with Crippen molar-refractivity contribution in [1.29, 1.82) is 0 Å². The predicted molar refractivity (Wildman–Crippen MR) is 109 cm³/mol. The number of pyridine rings is 2. The van der Waals surface area contributed by atoms with Crippen molar-refractivity contribution in [1.82, 2.24) is 14.4 Å². The summed E-state index contributed by atoms with van der Waals surface area (Å²) in [6.45, 7) is 0. The van der Waals surface area contributed by atoms with E-state index < -0.39 is 17.1 Å². The summed E-state index contributed by atoms with van der Waals surface area (Å²) in [5, 5.41) is 3.77. The van der Waals surface area contributed by atoms with E-state index in [9.17, 15) is 9.59 Å². The number of H-pyrrole nitrogens is 1. The molecule has 4 aromatic heterocycles. The lowest BCUT2D eigenvalue weighted by molar-refractivity contribution is 0.415. The van der Waals surface area contributed by atoms with Gasteiger partial charge in [-0.2, -0.15) is 11.3 Å². The number of hydrogen-bond donors (Lipinski definition) is 1. The number of fused-ring (bicyclic) bond motifs is 1. The molecule has 0 amide bonds. The molecule has 0 saturated heterocycles. The molecule has 5 rings (SSSR count). The summed E-state index contributed by atoms with van der Waals surface area (Å²) in [5.74, 6) is -0.355. The highest BCUT2D eigenvalue weighted by Gasteiger charge is 2.32. The number of halogens is 1. The van der Waals surface area contributed by atoms with E-state index >= 15 is 4.39 Å². The second kappa shape index (κ2) is 6.66. The number of thiophene rings is 1. The van der Waals surface area contributed by atoms with E-state index in [-0.39, 0.29) is 17.2 Å². The summed E-state index contributed by atoms with van der Waals surface area (Å²) in [6.07, 6.45) is 6.19. The van der Waals surface area contributed by atoms with Crippen LogP contribution < -0.4 is 16.0 Å². The third-order valence-corrected chi connectivity index (χ3v) is 5.96. The van der Waals surface area contributed by atoms with Crippen molar-refractivity contribution in [2.24, 2.45) is 0 Å². The fourth-order valence-electron chi connectivity index (χ4n) is 3.77. The summed E-state index contributed by atoms with van der Waals surface area (Å²) in [7, 11) is 1.43. The maximum atomic E-state index is 15.3. The Morgan fingerprint density at radius 1 is 1.21 bits per heavy atom. The van der Waals surface area contributed by atoms with E-state index in [0.717, 1.165) is 34.6 Å². The Hall–Kier alpha value is -3.26. The minimum Gasteiger partial charge on any atom is -0.494 e. The van der Waals surface area contributed by atoms with E-state index in [1.807, 2.05) is 22.9 Å². The van der Waals surface area contributed by atoms with Crippen LogP contribution in [0.1, 0.15) is 24.3 Å². The zero-order chi connectivity index (χ0) is 20.1. The highest BCUT2D eigenvalue weighted by Crippen LogP contribution is 2.46. The van der Waals surface area contributed by atoms with E-state index in [1.165, 1.54) is 18.4 Å². The van der Waals surface area contributed by atoms with Crippen LogP contribution in [0, 0.1) is 5.82 Å². The predicted octanol–water partition coefficient (Wildman–Crippen LogP) is 3.80. The first kappa shape index (κ1) is 17.8. The Morgan fingerprint density at radius 2 is 1.93 bits per heavy atom. The van der Waals surface area contributed by atoms with Gasteiger partial charge in [0.25, 0.3) is 5.56 Å². The van der Waals surface area contributed by atoms with Gasteiger partial charge in [-0.1, -0.05) is 0 Å². The number of aromatic nitrogens is 3. The van der Waals surface area contributed by atoms with Crippen LogP contribution in [0.3, 0.4) is 0 Å². The number of aromatic amines is 1. The van der Waals surface area contributed by atoms with Crippen molar-refractivity contribution in [3.63, 3.8) is 0 Å². The maximum absolute atomic E-state index is 15.3. The molecule has 1 aliphatic rings. The molecule has 0 aliphatic heterocycles. The van der Waals surface area contributed by atoms with Gasteiger partial charge in [-0.05, 0) is 47.2 Å². The van der Waals surface area contributed by atoms with Crippen molar-refractivity contribution < 1.29 is 9.13 Å². The molecule has 0 radical (unpaired) electrons. The lowest BCUT2D eigenvalue weighted by Gasteiger charge is -2.16. The molecule has 0 aromatic carbocycles. The van der Waals surface area contributed by atoms with Crippen molar-refractivity contribution in [2.75, 3.05) is 7.11 Å². The highest BCUT2D eigenvalue weighted by molar-refractivity contribution is 7.08. The van der Waals surface area contributed by atoms with Crippen LogP contribution in [0.2, 0.25) is 0 Å². The standard InChI is InChI=1S/C21H16FN3O3S/c1-28-19-17(14-10-29-9-13(14)11-4-6-23-7-5-11)15(22)8-25-18(19)16(12-2-3-12)20(26)24-21(25)27/h4-10,12H,2-3H2,1H3,(H,24,26,27). The molecule has 0 bridgehead atoms. The quantitative estimate of drug-likeness (QED) is 0.556. The van der Waals surface area contributed by atoms with E-state index in [0.29, 0.717) is 16.6 Å². The van der Waals surface area contributed by atoms with Gasteiger partial charge in [0.1, 0.15) is 5.52 Å². The first-order chi connectivity index (χ1) is 14.1. The van der Waals surface area contributed by atoms with E-state index in [4.69, 9.17) is 4.74 Å². The molecule has 146 valence electrons. The fraction of sp³-hybridized carbons (Fsp3) is 0.190. The normalized spacial score (nSPS) is 13.7. The van der Waals surface area contributed by atoms with Crippen molar-refractivity contribution >= 4 is 16.9 Å². The lowest BCUT2D eigenvalue weighted by Crippen LogP contribution is -2.29. The van der Waals surface area contributed by atoms with E-state index in [2.05, 4.69) is 9.97 Å². The van der Waals surface area contributed by atoms with Gasteiger partial charge in [-0.25, -0.2) is 9.18 Å². The Morgan fingerprint density at radius 3 is 2.62 bits per heavy atom. The summed E-state index contributed by atoms with van der Waals surface area (Å²) in [4.78, 5) is 31.3. The minimum absolute atomic E-state index is 0.0451. The Balaban J connectivity index is 1.89. The van der Waals surface area contributed by atoms with E-state index in [1.54, 1.807) is 12.4 Å². The molecule has 8 heteroatoms.